The molecule has 0 aromatic heterocycles. The molecule has 0 saturated heterocycles. The lowest BCUT2D eigenvalue weighted by atomic mass is 10.0. The number of benzene rings is 4. The number of hydrogen-bond acceptors (Lipinski definition) is 3. The molecule has 4 aromatic rings. The van der Waals surface area contributed by atoms with E-state index in [2.05, 4.69) is 0 Å². The Morgan fingerprint density at radius 1 is 0.433 bits per heavy atom. The second-order valence-corrected chi connectivity index (χ2v) is 7.75. The van der Waals surface area contributed by atoms with Crippen LogP contribution >= 0.6 is 8.60 Å². The van der Waals surface area contributed by atoms with Crippen LogP contribution in [0.1, 0.15) is 34.5 Å². The van der Waals surface area contributed by atoms with Crippen LogP contribution in [-0.4, -0.2) is 4.89 Å². The van der Waals surface area contributed by atoms with Crippen LogP contribution in [0.3, 0.4) is 0 Å². The van der Waals surface area contributed by atoms with E-state index >= 15 is 0 Å². The number of hydrogen-bond donors (Lipinski definition) is 1. The molecule has 0 radical (unpaired) electrons. The average molecular weight is 414 g/mol. The van der Waals surface area contributed by atoms with E-state index in [-0.39, 0.29) is 0 Å². The lowest BCUT2D eigenvalue weighted by molar-refractivity contribution is 0.141. The monoisotopic (exact) mass is 414 g/mol. The quantitative estimate of drug-likeness (QED) is 0.322. The molecule has 0 aliphatic carbocycles. The minimum absolute atomic E-state index is 0.421. The summed E-state index contributed by atoms with van der Waals surface area (Å²) in [6.45, 7) is 0. The molecule has 1 N–H and O–H groups in total. The van der Waals surface area contributed by atoms with Gasteiger partial charge in [0.15, 0.2) is 0 Å². The van der Waals surface area contributed by atoms with E-state index in [1.165, 1.54) is 0 Å². The highest BCUT2D eigenvalue weighted by atomic mass is 31.2. The molecule has 0 spiro atoms. The van der Waals surface area contributed by atoms with Crippen molar-refractivity contribution in [1.82, 2.24) is 0 Å². The van der Waals surface area contributed by atoms with Gasteiger partial charge in [-0.15, -0.1) is 0 Å². The zero-order valence-corrected chi connectivity index (χ0v) is 17.3. The summed E-state index contributed by atoms with van der Waals surface area (Å²) in [6.07, 6.45) is -0.841. The minimum atomic E-state index is -2.15. The molecular weight excluding hydrogens is 391 g/mol. The first-order chi connectivity index (χ1) is 14.8. The SMILES string of the molecule is OP(OC(c1ccccc1)c1ccccc1)OC(c1ccccc1)c1ccccc1. The van der Waals surface area contributed by atoms with E-state index in [1.54, 1.807) is 0 Å². The molecule has 0 aliphatic rings. The van der Waals surface area contributed by atoms with Crippen molar-refractivity contribution in [2.24, 2.45) is 0 Å². The van der Waals surface area contributed by atoms with Crippen molar-refractivity contribution in [3.8, 4) is 0 Å². The third kappa shape index (κ3) is 5.21. The van der Waals surface area contributed by atoms with E-state index in [9.17, 15) is 4.89 Å². The number of rotatable bonds is 8. The zero-order valence-electron chi connectivity index (χ0n) is 16.4. The summed E-state index contributed by atoms with van der Waals surface area (Å²) in [5.74, 6) is 0. The van der Waals surface area contributed by atoms with Crippen molar-refractivity contribution in [3.05, 3.63) is 144 Å². The smallest absolute Gasteiger partial charge is 0.328 e. The molecule has 0 unspecified atom stereocenters. The summed E-state index contributed by atoms with van der Waals surface area (Å²) in [5, 5.41) is 0. The summed E-state index contributed by atoms with van der Waals surface area (Å²) in [5.41, 5.74) is 3.85. The minimum Gasteiger partial charge on any atom is -0.328 e. The third-order valence-corrected chi connectivity index (χ3v) is 5.58. The van der Waals surface area contributed by atoms with Gasteiger partial charge in [0.2, 0.25) is 0 Å². The van der Waals surface area contributed by atoms with Gasteiger partial charge in [0.05, 0.1) is 0 Å². The molecule has 4 rings (SSSR count). The fraction of sp³-hybridized carbons (Fsp3) is 0.0769. The maximum Gasteiger partial charge on any atom is 0.331 e. The molecule has 4 aromatic carbocycles. The predicted molar refractivity (Wildman–Crippen MR) is 121 cm³/mol. The van der Waals surface area contributed by atoms with Gasteiger partial charge in [-0.1, -0.05) is 121 Å². The molecule has 0 heterocycles. The molecule has 0 fully saturated rings. The first-order valence-electron chi connectivity index (χ1n) is 9.83. The molecule has 0 bridgehead atoms. The van der Waals surface area contributed by atoms with Gasteiger partial charge in [0.1, 0.15) is 12.2 Å². The van der Waals surface area contributed by atoms with E-state index in [1.807, 2.05) is 121 Å². The Morgan fingerprint density at radius 2 is 0.667 bits per heavy atom. The van der Waals surface area contributed by atoms with Crippen LogP contribution < -0.4 is 0 Å². The molecule has 0 saturated carbocycles. The van der Waals surface area contributed by atoms with Crippen LogP contribution in [0, 0.1) is 0 Å². The average Bonchev–Trinajstić information content (AvgIpc) is 2.83. The molecule has 3 nitrogen and oxygen atoms in total. The van der Waals surface area contributed by atoms with Gasteiger partial charge < -0.3 is 4.89 Å². The molecule has 30 heavy (non-hydrogen) atoms. The fourth-order valence-electron chi connectivity index (χ4n) is 3.34. The van der Waals surface area contributed by atoms with Gasteiger partial charge >= 0.3 is 8.60 Å². The van der Waals surface area contributed by atoms with Crippen LogP contribution in [0.4, 0.5) is 0 Å². The summed E-state index contributed by atoms with van der Waals surface area (Å²) < 4.78 is 12.2. The molecule has 150 valence electrons. The van der Waals surface area contributed by atoms with E-state index in [0.717, 1.165) is 22.3 Å². The molecule has 4 heteroatoms. The van der Waals surface area contributed by atoms with Gasteiger partial charge in [-0.3, -0.25) is 9.05 Å². The summed E-state index contributed by atoms with van der Waals surface area (Å²) in [7, 11) is -2.15. The molecule has 0 amide bonds. The van der Waals surface area contributed by atoms with Gasteiger partial charge in [-0.25, -0.2) is 0 Å². The lowest BCUT2D eigenvalue weighted by Gasteiger charge is -2.25. The maximum absolute atomic E-state index is 10.9. The first-order valence-corrected chi connectivity index (χ1v) is 11.0. The van der Waals surface area contributed by atoms with Crippen molar-refractivity contribution in [3.63, 3.8) is 0 Å². The Hall–Kier alpha value is -2.81. The van der Waals surface area contributed by atoms with Gasteiger partial charge in [-0.2, -0.15) is 0 Å². The van der Waals surface area contributed by atoms with E-state index in [0.29, 0.717) is 0 Å². The molecule has 0 aliphatic heterocycles. The summed E-state index contributed by atoms with van der Waals surface area (Å²) in [4.78, 5) is 10.9. The molecular formula is C26H23O3P. The Morgan fingerprint density at radius 3 is 0.900 bits per heavy atom. The fourth-order valence-corrected chi connectivity index (χ4v) is 4.24. The second-order valence-electron chi connectivity index (χ2n) is 6.85. The lowest BCUT2D eigenvalue weighted by Crippen LogP contribution is -2.08. The second kappa shape index (κ2) is 10.3. The van der Waals surface area contributed by atoms with Crippen molar-refractivity contribution in [2.45, 2.75) is 12.2 Å². The Labute approximate surface area is 178 Å². The van der Waals surface area contributed by atoms with Crippen LogP contribution in [0.15, 0.2) is 121 Å². The summed E-state index contributed by atoms with van der Waals surface area (Å²) >= 11 is 0. The van der Waals surface area contributed by atoms with Crippen molar-refractivity contribution in [1.29, 1.82) is 0 Å². The first kappa shape index (κ1) is 20.5. The van der Waals surface area contributed by atoms with Crippen LogP contribution in [0.25, 0.3) is 0 Å². The highest BCUT2D eigenvalue weighted by Gasteiger charge is 2.25. The van der Waals surface area contributed by atoms with Gasteiger partial charge in [-0.05, 0) is 22.3 Å². The van der Waals surface area contributed by atoms with Crippen molar-refractivity contribution in [2.75, 3.05) is 0 Å². The highest BCUT2D eigenvalue weighted by Crippen LogP contribution is 2.47. The van der Waals surface area contributed by atoms with E-state index < -0.39 is 20.8 Å². The highest BCUT2D eigenvalue weighted by molar-refractivity contribution is 7.40. The third-order valence-electron chi connectivity index (χ3n) is 4.80. The van der Waals surface area contributed by atoms with Crippen LogP contribution in [0.5, 0.6) is 0 Å². The van der Waals surface area contributed by atoms with E-state index in [4.69, 9.17) is 9.05 Å². The normalized spacial score (nSPS) is 11.3. The Bertz CT molecular complexity index is 847. The molecule has 0 atom stereocenters. The Balaban J connectivity index is 1.59. The maximum atomic E-state index is 10.9. The van der Waals surface area contributed by atoms with Crippen LogP contribution in [-0.2, 0) is 9.05 Å². The van der Waals surface area contributed by atoms with Gasteiger partial charge in [0, 0.05) is 0 Å². The summed E-state index contributed by atoms with van der Waals surface area (Å²) in [6, 6.07) is 39.5. The zero-order chi connectivity index (χ0) is 20.6. The largest absolute Gasteiger partial charge is 0.331 e. The Kier molecular flexibility index (Phi) is 7.02. The van der Waals surface area contributed by atoms with Crippen molar-refractivity contribution >= 4 is 8.60 Å². The van der Waals surface area contributed by atoms with Gasteiger partial charge in [0.25, 0.3) is 0 Å². The van der Waals surface area contributed by atoms with Crippen molar-refractivity contribution < 1.29 is 13.9 Å². The van der Waals surface area contributed by atoms with Crippen LogP contribution in [0.2, 0.25) is 0 Å². The standard InChI is InChI=1S/C26H23O3P/c27-30(28-25(21-13-5-1-6-14-21)22-15-7-2-8-16-22)29-26(23-17-9-3-10-18-23)24-19-11-4-12-20-24/h1-20,25-27H. The predicted octanol–water partition coefficient (Wildman–Crippen LogP) is 6.82. The topological polar surface area (TPSA) is 38.7 Å².